The van der Waals surface area contributed by atoms with Crippen LogP contribution < -0.4 is 10.6 Å². The van der Waals surface area contributed by atoms with Gasteiger partial charge in [-0.15, -0.1) is 0 Å². The summed E-state index contributed by atoms with van der Waals surface area (Å²) < 4.78 is 11.7. The fourth-order valence-electron chi connectivity index (χ4n) is 4.40. The average molecular weight is 282 g/mol. The van der Waals surface area contributed by atoms with Crippen LogP contribution in [0.2, 0.25) is 0 Å². The van der Waals surface area contributed by atoms with E-state index in [9.17, 15) is 0 Å². The van der Waals surface area contributed by atoms with Crippen LogP contribution in [0.15, 0.2) is 0 Å². The Labute approximate surface area is 123 Å². The number of hydrogen-bond donors (Lipinski definition) is 2. The highest BCUT2D eigenvalue weighted by Crippen LogP contribution is 2.39. The Morgan fingerprint density at radius 2 is 2.00 bits per heavy atom. The van der Waals surface area contributed by atoms with Crippen molar-refractivity contribution < 1.29 is 9.47 Å². The summed E-state index contributed by atoms with van der Waals surface area (Å²) in [4.78, 5) is 0. The van der Waals surface area contributed by atoms with E-state index in [0.717, 1.165) is 13.2 Å². The van der Waals surface area contributed by atoms with E-state index in [1.165, 1.54) is 44.9 Å². The molecule has 0 amide bonds. The SMILES string of the molecule is COC1C(C)NCCC1NC1CCC2(CCCO2)CC1. The van der Waals surface area contributed by atoms with Crippen LogP contribution in [0.4, 0.5) is 0 Å². The third-order valence-electron chi connectivity index (χ3n) is 5.61. The molecule has 0 aromatic rings. The second-order valence-electron chi connectivity index (χ2n) is 6.91. The molecule has 0 radical (unpaired) electrons. The van der Waals surface area contributed by atoms with Crippen LogP contribution in [0.25, 0.3) is 0 Å². The summed E-state index contributed by atoms with van der Waals surface area (Å²) >= 11 is 0. The second-order valence-corrected chi connectivity index (χ2v) is 6.91. The fourth-order valence-corrected chi connectivity index (χ4v) is 4.40. The molecule has 4 heteroatoms. The van der Waals surface area contributed by atoms with Crippen molar-refractivity contribution in [2.45, 2.75) is 81.7 Å². The highest BCUT2D eigenvalue weighted by Gasteiger charge is 2.40. The molecule has 0 bridgehead atoms. The molecule has 0 aromatic heterocycles. The van der Waals surface area contributed by atoms with Gasteiger partial charge in [-0.3, -0.25) is 0 Å². The maximum atomic E-state index is 6.02. The van der Waals surface area contributed by atoms with E-state index in [4.69, 9.17) is 9.47 Å². The zero-order valence-corrected chi connectivity index (χ0v) is 13.0. The van der Waals surface area contributed by atoms with Gasteiger partial charge in [0, 0.05) is 31.8 Å². The van der Waals surface area contributed by atoms with Crippen molar-refractivity contribution in [3.8, 4) is 0 Å². The number of hydrogen-bond acceptors (Lipinski definition) is 4. The van der Waals surface area contributed by atoms with Gasteiger partial charge in [-0.05, 0) is 58.4 Å². The topological polar surface area (TPSA) is 42.5 Å². The standard InChI is InChI=1S/C16H30N2O2/c1-12-15(19-2)14(6-10-17-12)18-13-4-8-16(9-5-13)7-3-11-20-16/h12-15,17-18H,3-11H2,1-2H3. The molecule has 2 aliphatic heterocycles. The maximum absolute atomic E-state index is 6.02. The molecule has 1 saturated carbocycles. The van der Waals surface area contributed by atoms with E-state index in [-0.39, 0.29) is 5.60 Å². The number of ether oxygens (including phenoxy) is 2. The second kappa shape index (κ2) is 6.30. The molecule has 3 rings (SSSR count). The summed E-state index contributed by atoms with van der Waals surface area (Å²) in [5.74, 6) is 0. The van der Waals surface area contributed by atoms with Crippen LogP contribution in [-0.2, 0) is 9.47 Å². The third-order valence-corrected chi connectivity index (χ3v) is 5.61. The molecule has 116 valence electrons. The molecule has 3 atom stereocenters. The van der Waals surface area contributed by atoms with E-state index in [1.807, 2.05) is 7.11 Å². The Bertz CT molecular complexity index is 308. The van der Waals surface area contributed by atoms with Crippen molar-refractivity contribution in [3.05, 3.63) is 0 Å². The van der Waals surface area contributed by atoms with Crippen LogP contribution in [0.5, 0.6) is 0 Å². The van der Waals surface area contributed by atoms with E-state index < -0.39 is 0 Å². The molecule has 20 heavy (non-hydrogen) atoms. The summed E-state index contributed by atoms with van der Waals surface area (Å²) in [6.07, 6.45) is 9.00. The lowest BCUT2D eigenvalue weighted by molar-refractivity contribution is -0.0355. The van der Waals surface area contributed by atoms with Gasteiger partial charge in [0.2, 0.25) is 0 Å². The number of methoxy groups -OCH3 is 1. The van der Waals surface area contributed by atoms with Gasteiger partial charge in [-0.2, -0.15) is 0 Å². The Hall–Kier alpha value is -0.160. The van der Waals surface area contributed by atoms with Crippen LogP contribution in [-0.4, -0.2) is 50.1 Å². The average Bonchev–Trinajstić information content (AvgIpc) is 2.90. The van der Waals surface area contributed by atoms with E-state index in [2.05, 4.69) is 17.6 Å². The third kappa shape index (κ3) is 3.03. The molecule has 3 aliphatic rings. The van der Waals surface area contributed by atoms with Crippen LogP contribution in [0.1, 0.15) is 51.9 Å². The van der Waals surface area contributed by atoms with Crippen molar-refractivity contribution in [2.24, 2.45) is 0 Å². The number of rotatable bonds is 3. The Morgan fingerprint density at radius 3 is 2.65 bits per heavy atom. The lowest BCUT2D eigenvalue weighted by Crippen LogP contribution is -2.59. The van der Waals surface area contributed by atoms with Gasteiger partial charge in [-0.1, -0.05) is 0 Å². The smallest absolute Gasteiger partial charge is 0.0874 e. The summed E-state index contributed by atoms with van der Waals surface area (Å²) in [6, 6.07) is 1.59. The molecule has 0 aromatic carbocycles. The fraction of sp³-hybridized carbons (Fsp3) is 1.00. The summed E-state index contributed by atoms with van der Waals surface area (Å²) in [5.41, 5.74) is 0.250. The van der Waals surface area contributed by atoms with Crippen molar-refractivity contribution in [2.75, 3.05) is 20.3 Å². The monoisotopic (exact) mass is 282 g/mol. The quantitative estimate of drug-likeness (QED) is 0.829. The lowest BCUT2D eigenvalue weighted by Gasteiger charge is -2.42. The summed E-state index contributed by atoms with van der Waals surface area (Å²) in [6.45, 7) is 4.30. The first kappa shape index (κ1) is 14.8. The first-order valence-corrected chi connectivity index (χ1v) is 8.39. The van der Waals surface area contributed by atoms with E-state index >= 15 is 0 Å². The molecule has 1 spiro atoms. The zero-order valence-electron chi connectivity index (χ0n) is 13.0. The first-order chi connectivity index (χ1) is 9.72. The Kier molecular flexibility index (Phi) is 4.65. The molecular formula is C16H30N2O2. The predicted molar refractivity (Wildman–Crippen MR) is 80.0 cm³/mol. The molecule has 4 nitrogen and oxygen atoms in total. The van der Waals surface area contributed by atoms with Crippen molar-refractivity contribution in [1.82, 2.24) is 10.6 Å². The number of piperidine rings is 1. The van der Waals surface area contributed by atoms with Crippen LogP contribution in [0, 0.1) is 0 Å². The molecule has 3 fully saturated rings. The minimum Gasteiger partial charge on any atom is -0.378 e. The molecular weight excluding hydrogens is 252 g/mol. The zero-order chi connectivity index (χ0) is 14.0. The predicted octanol–water partition coefficient (Wildman–Crippen LogP) is 1.83. The first-order valence-electron chi connectivity index (χ1n) is 8.39. The highest BCUT2D eigenvalue weighted by atomic mass is 16.5. The summed E-state index contributed by atoms with van der Waals surface area (Å²) in [7, 11) is 1.84. The van der Waals surface area contributed by atoms with Gasteiger partial charge in [-0.25, -0.2) is 0 Å². The molecule has 2 N–H and O–H groups in total. The van der Waals surface area contributed by atoms with E-state index in [1.54, 1.807) is 0 Å². The number of nitrogens with one attached hydrogen (secondary N) is 2. The van der Waals surface area contributed by atoms with Gasteiger partial charge < -0.3 is 20.1 Å². The maximum Gasteiger partial charge on any atom is 0.0874 e. The molecule has 3 unspecified atom stereocenters. The van der Waals surface area contributed by atoms with Crippen LogP contribution in [0.3, 0.4) is 0 Å². The minimum absolute atomic E-state index is 0.250. The van der Waals surface area contributed by atoms with Gasteiger partial charge in [0.15, 0.2) is 0 Å². The van der Waals surface area contributed by atoms with Gasteiger partial charge in [0.25, 0.3) is 0 Å². The van der Waals surface area contributed by atoms with Gasteiger partial charge >= 0.3 is 0 Å². The lowest BCUT2D eigenvalue weighted by atomic mass is 9.80. The van der Waals surface area contributed by atoms with Crippen molar-refractivity contribution >= 4 is 0 Å². The molecule has 2 saturated heterocycles. The van der Waals surface area contributed by atoms with Crippen LogP contribution >= 0.6 is 0 Å². The summed E-state index contributed by atoms with van der Waals surface area (Å²) in [5, 5.41) is 7.38. The largest absolute Gasteiger partial charge is 0.378 e. The molecule has 2 heterocycles. The highest BCUT2D eigenvalue weighted by molar-refractivity contribution is 4.96. The Morgan fingerprint density at radius 1 is 1.20 bits per heavy atom. The van der Waals surface area contributed by atoms with Crippen molar-refractivity contribution in [3.63, 3.8) is 0 Å². The van der Waals surface area contributed by atoms with E-state index in [0.29, 0.717) is 24.2 Å². The normalized spacial score (nSPS) is 45.9. The molecule has 1 aliphatic carbocycles. The Balaban J connectivity index is 1.51. The van der Waals surface area contributed by atoms with Gasteiger partial charge in [0.1, 0.15) is 0 Å². The van der Waals surface area contributed by atoms with Gasteiger partial charge in [0.05, 0.1) is 11.7 Å². The van der Waals surface area contributed by atoms with Crippen molar-refractivity contribution in [1.29, 1.82) is 0 Å². The minimum atomic E-state index is 0.250.